The molecule has 0 heterocycles. The van der Waals surface area contributed by atoms with Gasteiger partial charge in [0, 0.05) is 17.9 Å². The standard InChI is InChI=1S/C18H24O3/c1-3-13-20-16-11-7-5-9-14(16)15-10-6-8-12-17(15)21-18(19)4-2/h3,5,7,9,11,15,17H,1,4,6,8,10,12-13H2,2H3. The molecule has 0 N–H and O–H groups in total. The smallest absolute Gasteiger partial charge is 0.305 e. The molecular formula is C18H24O3. The van der Waals surface area contributed by atoms with Gasteiger partial charge in [0.2, 0.25) is 0 Å². The van der Waals surface area contributed by atoms with Crippen LogP contribution in [0.4, 0.5) is 0 Å². The van der Waals surface area contributed by atoms with Crippen LogP contribution in [0.2, 0.25) is 0 Å². The number of para-hydroxylation sites is 1. The summed E-state index contributed by atoms with van der Waals surface area (Å²) in [5.41, 5.74) is 1.15. The number of hydrogen-bond donors (Lipinski definition) is 0. The van der Waals surface area contributed by atoms with Crippen LogP contribution in [0, 0.1) is 0 Å². The van der Waals surface area contributed by atoms with Crippen LogP contribution in [0.25, 0.3) is 0 Å². The van der Waals surface area contributed by atoms with Crippen molar-refractivity contribution in [1.29, 1.82) is 0 Å². The Kier molecular flexibility index (Phi) is 5.85. The number of ether oxygens (including phenoxy) is 2. The van der Waals surface area contributed by atoms with Crippen LogP contribution >= 0.6 is 0 Å². The maximum atomic E-state index is 11.6. The highest BCUT2D eigenvalue weighted by Crippen LogP contribution is 2.39. The molecule has 1 aromatic rings. The first-order valence-corrected chi connectivity index (χ1v) is 7.78. The average molecular weight is 288 g/mol. The third kappa shape index (κ3) is 4.10. The predicted molar refractivity (Wildman–Crippen MR) is 83.5 cm³/mol. The molecule has 2 atom stereocenters. The van der Waals surface area contributed by atoms with Gasteiger partial charge in [0.25, 0.3) is 0 Å². The number of hydrogen-bond acceptors (Lipinski definition) is 3. The predicted octanol–water partition coefficient (Wildman–Crippen LogP) is 4.23. The van der Waals surface area contributed by atoms with Crippen molar-refractivity contribution in [2.75, 3.05) is 6.61 Å². The molecule has 1 aliphatic carbocycles. The fraction of sp³-hybridized carbons (Fsp3) is 0.500. The van der Waals surface area contributed by atoms with Crippen LogP contribution in [0.1, 0.15) is 50.5 Å². The number of carbonyl (C=O) groups is 1. The zero-order valence-corrected chi connectivity index (χ0v) is 12.7. The first kappa shape index (κ1) is 15.6. The van der Waals surface area contributed by atoms with E-state index >= 15 is 0 Å². The lowest BCUT2D eigenvalue weighted by molar-refractivity contribution is -0.151. The Morgan fingerprint density at radius 3 is 2.86 bits per heavy atom. The van der Waals surface area contributed by atoms with Crippen LogP contribution in [-0.2, 0) is 9.53 Å². The van der Waals surface area contributed by atoms with Gasteiger partial charge in [0.15, 0.2) is 0 Å². The van der Waals surface area contributed by atoms with E-state index in [1.54, 1.807) is 6.08 Å². The lowest BCUT2D eigenvalue weighted by Gasteiger charge is -2.32. The van der Waals surface area contributed by atoms with Gasteiger partial charge in [-0.15, -0.1) is 0 Å². The van der Waals surface area contributed by atoms with Gasteiger partial charge < -0.3 is 9.47 Å². The molecule has 2 unspecified atom stereocenters. The molecule has 21 heavy (non-hydrogen) atoms. The van der Waals surface area contributed by atoms with Gasteiger partial charge in [-0.05, 0) is 25.3 Å². The van der Waals surface area contributed by atoms with Crippen LogP contribution in [0.3, 0.4) is 0 Å². The van der Waals surface area contributed by atoms with Gasteiger partial charge in [0.1, 0.15) is 18.5 Å². The third-order valence-corrected chi connectivity index (χ3v) is 3.95. The fourth-order valence-corrected chi connectivity index (χ4v) is 2.91. The molecule has 0 amide bonds. The molecule has 3 nitrogen and oxygen atoms in total. The Bertz CT molecular complexity index is 481. The molecule has 1 fully saturated rings. The number of benzene rings is 1. The van der Waals surface area contributed by atoms with E-state index in [9.17, 15) is 4.79 Å². The second-order valence-corrected chi connectivity index (χ2v) is 5.41. The highest BCUT2D eigenvalue weighted by Gasteiger charge is 2.31. The van der Waals surface area contributed by atoms with E-state index in [4.69, 9.17) is 9.47 Å². The maximum Gasteiger partial charge on any atom is 0.305 e. The molecule has 1 aliphatic rings. The molecule has 114 valence electrons. The summed E-state index contributed by atoms with van der Waals surface area (Å²) in [5, 5.41) is 0. The van der Waals surface area contributed by atoms with Gasteiger partial charge in [-0.1, -0.05) is 44.2 Å². The zero-order chi connectivity index (χ0) is 15.1. The molecule has 0 aromatic heterocycles. The molecular weight excluding hydrogens is 264 g/mol. The van der Waals surface area contributed by atoms with E-state index in [-0.39, 0.29) is 18.0 Å². The van der Waals surface area contributed by atoms with Gasteiger partial charge in [-0.25, -0.2) is 0 Å². The summed E-state index contributed by atoms with van der Waals surface area (Å²) in [6.45, 7) is 6.01. The van der Waals surface area contributed by atoms with E-state index in [2.05, 4.69) is 12.6 Å². The van der Waals surface area contributed by atoms with Crippen molar-refractivity contribution < 1.29 is 14.3 Å². The summed E-state index contributed by atoms with van der Waals surface area (Å²) in [4.78, 5) is 11.6. The van der Waals surface area contributed by atoms with E-state index in [0.29, 0.717) is 13.0 Å². The number of rotatable bonds is 6. The third-order valence-electron chi connectivity index (χ3n) is 3.95. The first-order valence-electron chi connectivity index (χ1n) is 7.78. The maximum absolute atomic E-state index is 11.6. The summed E-state index contributed by atoms with van der Waals surface area (Å²) in [5.74, 6) is 0.994. The Morgan fingerprint density at radius 2 is 2.10 bits per heavy atom. The molecule has 0 saturated heterocycles. The molecule has 0 radical (unpaired) electrons. The van der Waals surface area contributed by atoms with Crippen molar-refractivity contribution >= 4 is 5.97 Å². The highest BCUT2D eigenvalue weighted by atomic mass is 16.5. The Labute approximate surface area is 127 Å². The van der Waals surface area contributed by atoms with Crippen molar-refractivity contribution in [2.24, 2.45) is 0 Å². The normalized spacial score (nSPS) is 21.6. The monoisotopic (exact) mass is 288 g/mol. The summed E-state index contributed by atoms with van der Waals surface area (Å²) in [6.07, 6.45) is 6.40. The van der Waals surface area contributed by atoms with E-state index in [1.165, 1.54) is 6.42 Å². The zero-order valence-electron chi connectivity index (χ0n) is 12.7. The second kappa shape index (κ2) is 7.87. The van der Waals surface area contributed by atoms with E-state index in [0.717, 1.165) is 30.6 Å². The number of esters is 1. The largest absolute Gasteiger partial charge is 0.489 e. The van der Waals surface area contributed by atoms with Gasteiger partial charge in [0.05, 0.1) is 0 Å². The minimum Gasteiger partial charge on any atom is -0.489 e. The minimum atomic E-state index is -0.114. The van der Waals surface area contributed by atoms with Crippen molar-refractivity contribution in [3.05, 3.63) is 42.5 Å². The average Bonchev–Trinajstić information content (AvgIpc) is 2.53. The fourth-order valence-electron chi connectivity index (χ4n) is 2.91. The second-order valence-electron chi connectivity index (χ2n) is 5.41. The SMILES string of the molecule is C=CCOc1ccccc1C1CCCCC1OC(=O)CC. The summed E-state index contributed by atoms with van der Waals surface area (Å²) >= 11 is 0. The van der Waals surface area contributed by atoms with Crippen LogP contribution in [0.15, 0.2) is 36.9 Å². The van der Waals surface area contributed by atoms with Gasteiger partial charge >= 0.3 is 5.97 Å². The molecule has 1 saturated carbocycles. The lowest BCUT2D eigenvalue weighted by atomic mass is 9.81. The lowest BCUT2D eigenvalue weighted by Crippen LogP contribution is -2.28. The summed E-state index contributed by atoms with van der Waals surface area (Å²) in [7, 11) is 0. The summed E-state index contributed by atoms with van der Waals surface area (Å²) < 4.78 is 11.4. The molecule has 0 bridgehead atoms. The van der Waals surface area contributed by atoms with E-state index < -0.39 is 0 Å². The van der Waals surface area contributed by atoms with Crippen molar-refractivity contribution in [1.82, 2.24) is 0 Å². The molecule has 2 rings (SSSR count). The molecule has 0 spiro atoms. The Balaban J connectivity index is 2.20. The van der Waals surface area contributed by atoms with Crippen molar-refractivity contribution in [3.8, 4) is 5.75 Å². The van der Waals surface area contributed by atoms with Crippen molar-refractivity contribution in [3.63, 3.8) is 0 Å². The Hall–Kier alpha value is -1.77. The van der Waals surface area contributed by atoms with Crippen LogP contribution < -0.4 is 4.74 Å². The van der Waals surface area contributed by atoms with Crippen LogP contribution in [0.5, 0.6) is 5.75 Å². The highest BCUT2D eigenvalue weighted by molar-refractivity contribution is 5.69. The van der Waals surface area contributed by atoms with Crippen LogP contribution in [-0.4, -0.2) is 18.7 Å². The topological polar surface area (TPSA) is 35.5 Å². The summed E-state index contributed by atoms with van der Waals surface area (Å²) in [6, 6.07) is 8.05. The first-order chi connectivity index (χ1) is 10.3. The number of carbonyl (C=O) groups excluding carboxylic acids is 1. The van der Waals surface area contributed by atoms with Gasteiger partial charge in [-0.2, -0.15) is 0 Å². The quantitative estimate of drug-likeness (QED) is 0.580. The minimum absolute atomic E-state index is 0.0281. The molecule has 0 aliphatic heterocycles. The molecule has 3 heteroatoms. The van der Waals surface area contributed by atoms with Crippen molar-refractivity contribution in [2.45, 2.75) is 51.0 Å². The van der Waals surface area contributed by atoms with Gasteiger partial charge in [-0.3, -0.25) is 4.79 Å². The molecule has 1 aromatic carbocycles. The Morgan fingerprint density at radius 1 is 1.33 bits per heavy atom. The van der Waals surface area contributed by atoms with E-state index in [1.807, 2.05) is 25.1 Å².